The van der Waals surface area contributed by atoms with Crippen LogP contribution >= 0.6 is 22.7 Å². The minimum absolute atomic E-state index is 0.0604. The number of carbonyl (C=O) groups is 1. The monoisotopic (exact) mass is 313 g/mol. The third kappa shape index (κ3) is 3.60. The van der Waals surface area contributed by atoms with Gasteiger partial charge in [0.15, 0.2) is 0 Å². The van der Waals surface area contributed by atoms with Crippen LogP contribution in [0.4, 0.5) is 5.69 Å². The molecule has 2 heterocycles. The molecular formula is C17H15NOS2. The second-order valence-electron chi connectivity index (χ2n) is 4.70. The fourth-order valence-corrected chi connectivity index (χ4v) is 3.61. The van der Waals surface area contributed by atoms with Crippen LogP contribution in [0.2, 0.25) is 0 Å². The average Bonchev–Trinajstić information content (AvgIpc) is 3.19. The zero-order valence-corrected chi connectivity index (χ0v) is 13.0. The molecule has 0 aliphatic heterocycles. The SMILES string of the molecule is O=C(CCc1ccsc1)Nc1ccccc1-c1cccs1. The van der Waals surface area contributed by atoms with Gasteiger partial charge >= 0.3 is 0 Å². The topological polar surface area (TPSA) is 29.1 Å². The van der Waals surface area contributed by atoms with Crippen molar-refractivity contribution in [1.82, 2.24) is 0 Å². The van der Waals surface area contributed by atoms with Gasteiger partial charge in [0.2, 0.25) is 5.91 Å². The Kier molecular flexibility index (Phi) is 4.48. The van der Waals surface area contributed by atoms with Crippen molar-refractivity contribution in [2.45, 2.75) is 12.8 Å². The van der Waals surface area contributed by atoms with E-state index in [0.717, 1.165) is 17.7 Å². The Labute approximate surface area is 132 Å². The predicted molar refractivity (Wildman–Crippen MR) is 91.0 cm³/mol. The predicted octanol–water partition coefficient (Wildman–Crippen LogP) is 5.05. The first kappa shape index (κ1) is 14.0. The Hall–Kier alpha value is -1.91. The van der Waals surface area contributed by atoms with Crippen molar-refractivity contribution in [3.8, 4) is 10.4 Å². The van der Waals surface area contributed by atoms with Gasteiger partial charge in [0.1, 0.15) is 0 Å². The molecule has 3 aromatic rings. The van der Waals surface area contributed by atoms with Crippen LogP contribution in [0, 0.1) is 0 Å². The minimum atomic E-state index is 0.0604. The summed E-state index contributed by atoms with van der Waals surface area (Å²) < 4.78 is 0. The summed E-state index contributed by atoms with van der Waals surface area (Å²) in [6, 6.07) is 14.1. The maximum atomic E-state index is 12.1. The summed E-state index contributed by atoms with van der Waals surface area (Å²) in [5.41, 5.74) is 3.19. The van der Waals surface area contributed by atoms with E-state index in [1.54, 1.807) is 22.7 Å². The molecule has 1 amide bonds. The fraction of sp³-hybridized carbons (Fsp3) is 0.118. The van der Waals surface area contributed by atoms with Gasteiger partial charge in [-0.15, -0.1) is 11.3 Å². The normalized spacial score (nSPS) is 10.5. The molecule has 0 atom stereocenters. The van der Waals surface area contributed by atoms with Gasteiger partial charge in [0.05, 0.1) is 0 Å². The van der Waals surface area contributed by atoms with E-state index in [1.807, 2.05) is 41.1 Å². The van der Waals surface area contributed by atoms with Gasteiger partial charge < -0.3 is 5.32 Å². The zero-order valence-electron chi connectivity index (χ0n) is 11.4. The summed E-state index contributed by atoms with van der Waals surface area (Å²) in [7, 11) is 0. The highest BCUT2D eigenvalue weighted by Gasteiger charge is 2.09. The van der Waals surface area contributed by atoms with Crippen LogP contribution < -0.4 is 5.32 Å². The number of anilines is 1. The van der Waals surface area contributed by atoms with Crippen LogP contribution in [0.1, 0.15) is 12.0 Å². The molecule has 0 aliphatic carbocycles. The standard InChI is InChI=1S/C17H15NOS2/c19-17(8-7-13-9-11-20-12-13)18-15-5-2-1-4-14(15)16-6-3-10-21-16/h1-6,9-12H,7-8H2,(H,18,19). The number of carbonyl (C=O) groups excluding carboxylic acids is 1. The van der Waals surface area contributed by atoms with Crippen LogP contribution in [0.3, 0.4) is 0 Å². The Morgan fingerprint density at radius 2 is 1.95 bits per heavy atom. The molecule has 0 unspecified atom stereocenters. The highest BCUT2D eigenvalue weighted by Crippen LogP contribution is 2.31. The van der Waals surface area contributed by atoms with Gasteiger partial charge in [0, 0.05) is 22.5 Å². The van der Waals surface area contributed by atoms with E-state index >= 15 is 0 Å². The highest BCUT2D eigenvalue weighted by atomic mass is 32.1. The lowest BCUT2D eigenvalue weighted by Gasteiger charge is -2.09. The minimum Gasteiger partial charge on any atom is -0.325 e. The number of amides is 1. The van der Waals surface area contributed by atoms with Gasteiger partial charge in [-0.3, -0.25) is 4.79 Å². The molecule has 0 saturated heterocycles. The van der Waals surface area contributed by atoms with E-state index in [4.69, 9.17) is 0 Å². The molecule has 0 spiro atoms. The number of nitrogens with one attached hydrogen (secondary N) is 1. The van der Waals surface area contributed by atoms with Gasteiger partial charge in [-0.2, -0.15) is 11.3 Å². The Morgan fingerprint density at radius 3 is 2.71 bits per heavy atom. The van der Waals surface area contributed by atoms with Crippen molar-refractivity contribution < 1.29 is 4.79 Å². The molecule has 0 radical (unpaired) electrons. The van der Waals surface area contributed by atoms with Gasteiger partial charge in [-0.1, -0.05) is 24.3 Å². The molecule has 2 nitrogen and oxygen atoms in total. The molecule has 0 aliphatic rings. The lowest BCUT2D eigenvalue weighted by Crippen LogP contribution is -2.12. The lowest BCUT2D eigenvalue weighted by molar-refractivity contribution is -0.116. The first-order valence-electron chi connectivity index (χ1n) is 6.77. The number of rotatable bonds is 5. The number of benzene rings is 1. The van der Waals surface area contributed by atoms with Crippen molar-refractivity contribution in [3.05, 3.63) is 64.2 Å². The maximum Gasteiger partial charge on any atom is 0.224 e. The Bertz CT molecular complexity index is 702. The molecule has 106 valence electrons. The van der Waals surface area contributed by atoms with Crippen molar-refractivity contribution in [3.63, 3.8) is 0 Å². The first-order chi connectivity index (χ1) is 10.3. The van der Waals surface area contributed by atoms with E-state index < -0.39 is 0 Å². The number of hydrogen-bond donors (Lipinski definition) is 1. The van der Waals surface area contributed by atoms with Crippen LogP contribution in [0.15, 0.2) is 58.6 Å². The summed E-state index contributed by atoms with van der Waals surface area (Å²) in [6.07, 6.45) is 1.30. The second kappa shape index (κ2) is 6.70. The number of para-hydroxylation sites is 1. The highest BCUT2D eigenvalue weighted by molar-refractivity contribution is 7.13. The first-order valence-corrected chi connectivity index (χ1v) is 8.59. The number of hydrogen-bond acceptors (Lipinski definition) is 3. The molecule has 0 fully saturated rings. The third-order valence-electron chi connectivity index (χ3n) is 3.21. The molecule has 0 saturated carbocycles. The van der Waals surface area contributed by atoms with E-state index in [9.17, 15) is 4.79 Å². The average molecular weight is 313 g/mol. The largest absolute Gasteiger partial charge is 0.325 e. The Morgan fingerprint density at radius 1 is 1.05 bits per heavy atom. The molecule has 4 heteroatoms. The van der Waals surface area contributed by atoms with Crippen LogP contribution in [-0.2, 0) is 11.2 Å². The maximum absolute atomic E-state index is 12.1. The molecule has 1 N–H and O–H groups in total. The van der Waals surface area contributed by atoms with E-state index in [2.05, 4.69) is 22.8 Å². The molecule has 21 heavy (non-hydrogen) atoms. The second-order valence-corrected chi connectivity index (χ2v) is 6.43. The summed E-state index contributed by atoms with van der Waals surface area (Å²) in [5, 5.41) is 9.21. The lowest BCUT2D eigenvalue weighted by atomic mass is 10.1. The summed E-state index contributed by atoms with van der Waals surface area (Å²) in [4.78, 5) is 13.3. The summed E-state index contributed by atoms with van der Waals surface area (Å²) in [5.74, 6) is 0.0604. The third-order valence-corrected chi connectivity index (χ3v) is 4.84. The van der Waals surface area contributed by atoms with Crippen molar-refractivity contribution in [2.24, 2.45) is 0 Å². The van der Waals surface area contributed by atoms with Gasteiger partial charge in [-0.25, -0.2) is 0 Å². The fourth-order valence-electron chi connectivity index (χ4n) is 2.14. The van der Waals surface area contributed by atoms with Crippen LogP contribution in [0.5, 0.6) is 0 Å². The smallest absolute Gasteiger partial charge is 0.224 e. The molecule has 0 bridgehead atoms. The molecule has 3 rings (SSSR count). The number of thiophene rings is 2. The van der Waals surface area contributed by atoms with E-state index in [0.29, 0.717) is 6.42 Å². The van der Waals surface area contributed by atoms with Gasteiger partial charge in [-0.05, 0) is 46.3 Å². The summed E-state index contributed by atoms with van der Waals surface area (Å²) in [6.45, 7) is 0. The zero-order chi connectivity index (χ0) is 14.5. The van der Waals surface area contributed by atoms with Crippen molar-refractivity contribution >= 4 is 34.3 Å². The van der Waals surface area contributed by atoms with Crippen molar-refractivity contribution in [1.29, 1.82) is 0 Å². The van der Waals surface area contributed by atoms with Crippen LogP contribution in [0.25, 0.3) is 10.4 Å². The molecule has 2 aromatic heterocycles. The van der Waals surface area contributed by atoms with E-state index in [-0.39, 0.29) is 5.91 Å². The van der Waals surface area contributed by atoms with E-state index in [1.165, 1.54) is 10.4 Å². The Balaban J connectivity index is 1.69. The van der Waals surface area contributed by atoms with Crippen LogP contribution in [-0.4, -0.2) is 5.91 Å². The molecular weight excluding hydrogens is 298 g/mol. The molecule has 1 aromatic carbocycles. The van der Waals surface area contributed by atoms with Gasteiger partial charge in [0.25, 0.3) is 0 Å². The quantitative estimate of drug-likeness (QED) is 0.702. The number of aryl methyl sites for hydroxylation is 1. The van der Waals surface area contributed by atoms with Crippen molar-refractivity contribution in [2.75, 3.05) is 5.32 Å². The summed E-state index contributed by atoms with van der Waals surface area (Å²) >= 11 is 3.34.